The van der Waals surface area contributed by atoms with E-state index in [9.17, 15) is 24.6 Å². The first kappa shape index (κ1) is 50.4. The molecule has 0 aromatic carbocycles. The van der Waals surface area contributed by atoms with E-state index in [2.05, 4.69) is 13.0 Å². The van der Waals surface area contributed by atoms with Crippen molar-refractivity contribution < 1.29 is 53.0 Å². The number of carbonyl (C=O) groups is 3. The van der Waals surface area contributed by atoms with Gasteiger partial charge in [-0.3, -0.25) is 9.59 Å². The van der Waals surface area contributed by atoms with Crippen LogP contribution in [0.15, 0.2) is 48.2 Å². The Morgan fingerprint density at radius 2 is 1.60 bits per heavy atom. The summed E-state index contributed by atoms with van der Waals surface area (Å²) >= 11 is 0. The normalized spacial score (nSPS) is 31.6. The fourth-order valence-corrected chi connectivity index (χ4v) is 8.31. The van der Waals surface area contributed by atoms with Gasteiger partial charge in [-0.25, -0.2) is 4.79 Å². The SMILES string of the molecule is CO[C@H]([C@H](C)/C=C/N(C)C=O)[C@@H](C)C(=O)CC[C@H](C)[C@H](O)[C@H](C)[C@H]1OC(=O)C=CC(C)=CC[C@H](O)C[C@@H]2C=CC[C@@H](C[C@H](OC)[C@@H](C)[C@@H](OC)C[C@@H](OC)[C@@H]1C)O2. The molecule has 0 aromatic heterocycles. The third-order valence-corrected chi connectivity index (χ3v) is 12.3. The molecule has 2 rings (SSSR count). The number of aliphatic hydroxyl groups excluding tert-OH is 2. The van der Waals surface area contributed by atoms with E-state index in [0.29, 0.717) is 38.5 Å². The first-order valence-electron chi connectivity index (χ1n) is 20.7. The lowest BCUT2D eigenvalue weighted by atomic mass is 9.78. The molecule has 57 heavy (non-hydrogen) atoms. The number of allylic oxidation sites excluding steroid dienone is 2. The van der Waals surface area contributed by atoms with E-state index in [1.165, 1.54) is 11.0 Å². The second kappa shape index (κ2) is 25.7. The Kier molecular flexibility index (Phi) is 22.7. The zero-order valence-electron chi connectivity index (χ0n) is 36.7. The standard InChI is InChI=1S/C45H75NO11/c1-28-16-19-35(48)24-36-14-13-15-37(56-36)25-39(52-9)32(5)40(53-10)26-41(54-11)33(6)45(57-42(50)21-17-28)34(7)43(51)29(2)18-20-38(49)31(4)44(55-12)30(3)22-23-46(8)27-47/h13-14,16-17,21-23,27,29-37,39-41,43-45,48,51H,15,18-20,24-26H2,1-12H3/b21-17?,23-22+,28-16?/t29-,30+,31-,32+,33-,34-,35-,36-,37-,39-,40-,41+,43-,44+,45-/m0/s1. The molecule has 2 aliphatic heterocycles. The predicted molar refractivity (Wildman–Crippen MR) is 221 cm³/mol. The minimum absolute atomic E-state index is 0.0147. The molecule has 15 atom stereocenters. The first-order valence-corrected chi connectivity index (χ1v) is 20.7. The maximum Gasteiger partial charge on any atom is 0.331 e. The molecule has 0 spiro atoms. The van der Waals surface area contributed by atoms with Gasteiger partial charge in [0, 0.05) is 103 Å². The van der Waals surface area contributed by atoms with Gasteiger partial charge in [-0.2, -0.15) is 0 Å². The maximum atomic E-state index is 13.5. The topological polar surface area (TPSA) is 150 Å². The van der Waals surface area contributed by atoms with Crippen molar-refractivity contribution in [2.45, 2.75) is 148 Å². The molecule has 2 aliphatic rings. The first-order chi connectivity index (χ1) is 27.0. The molecule has 2 bridgehead atoms. The van der Waals surface area contributed by atoms with Crippen molar-refractivity contribution in [1.29, 1.82) is 0 Å². The van der Waals surface area contributed by atoms with E-state index >= 15 is 0 Å². The summed E-state index contributed by atoms with van der Waals surface area (Å²) in [5.74, 6) is -2.33. The fourth-order valence-electron chi connectivity index (χ4n) is 8.31. The van der Waals surface area contributed by atoms with Gasteiger partial charge in [0.05, 0.1) is 48.8 Å². The molecule has 0 saturated carbocycles. The van der Waals surface area contributed by atoms with Gasteiger partial charge in [0.25, 0.3) is 0 Å². The number of methoxy groups -OCH3 is 4. The van der Waals surface area contributed by atoms with E-state index in [-0.39, 0.29) is 66.4 Å². The van der Waals surface area contributed by atoms with Crippen LogP contribution in [0.5, 0.6) is 0 Å². The fraction of sp³-hybridized carbons (Fsp3) is 0.756. The van der Waals surface area contributed by atoms with Crippen LogP contribution >= 0.6 is 0 Å². The van der Waals surface area contributed by atoms with Gasteiger partial charge >= 0.3 is 5.97 Å². The summed E-state index contributed by atoms with van der Waals surface area (Å²) < 4.78 is 36.5. The number of ether oxygens (including phenoxy) is 6. The van der Waals surface area contributed by atoms with Crippen molar-refractivity contribution >= 4 is 18.2 Å². The highest BCUT2D eigenvalue weighted by Crippen LogP contribution is 2.34. The van der Waals surface area contributed by atoms with E-state index in [4.69, 9.17) is 28.4 Å². The molecule has 0 radical (unpaired) electrons. The van der Waals surface area contributed by atoms with Gasteiger partial charge in [0.15, 0.2) is 0 Å². The third kappa shape index (κ3) is 16.1. The molecule has 2 heterocycles. The molecule has 0 aromatic rings. The molecule has 0 unspecified atom stereocenters. The quantitative estimate of drug-likeness (QED) is 0.104. The number of hydrogen-bond donors (Lipinski definition) is 2. The Labute approximate surface area is 343 Å². The van der Waals surface area contributed by atoms with Crippen LogP contribution in [-0.2, 0) is 42.8 Å². The number of rotatable bonds is 16. The van der Waals surface area contributed by atoms with Crippen molar-refractivity contribution in [1.82, 2.24) is 4.90 Å². The summed E-state index contributed by atoms with van der Waals surface area (Å²) in [6, 6.07) is 0. The number of Topliss-reactive ketones (excluding diaryl/α,β-unsaturated/α-hetero) is 1. The largest absolute Gasteiger partial charge is 0.458 e. The van der Waals surface area contributed by atoms with Crippen LogP contribution in [0.4, 0.5) is 0 Å². The predicted octanol–water partition coefficient (Wildman–Crippen LogP) is 6.24. The molecular formula is C45H75NO11. The number of cyclic esters (lactones) is 1. The van der Waals surface area contributed by atoms with E-state index in [1.54, 1.807) is 47.8 Å². The highest BCUT2D eigenvalue weighted by molar-refractivity contribution is 5.82. The van der Waals surface area contributed by atoms with Crippen LogP contribution in [0.25, 0.3) is 0 Å². The van der Waals surface area contributed by atoms with Gasteiger partial charge in [0.1, 0.15) is 11.9 Å². The number of amides is 1. The van der Waals surface area contributed by atoms with Crippen LogP contribution in [0, 0.1) is 35.5 Å². The summed E-state index contributed by atoms with van der Waals surface area (Å²) in [5, 5.41) is 22.7. The van der Waals surface area contributed by atoms with Gasteiger partial charge < -0.3 is 43.5 Å². The van der Waals surface area contributed by atoms with Gasteiger partial charge in [-0.15, -0.1) is 0 Å². The van der Waals surface area contributed by atoms with Crippen molar-refractivity contribution in [3.05, 3.63) is 48.2 Å². The van der Waals surface area contributed by atoms with E-state index < -0.39 is 42.2 Å². The highest BCUT2D eigenvalue weighted by Gasteiger charge is 2.40. The average Bonchev–Trinajstić information content (AvgIpc) is 3.20. The van der Waals surface area contributed by atoms with Crippen LogP contribution < -0.4 is 0 Å². The summed E-state index contributed by atoms with van der Waals surface area (Å²) in [6.45, 7) is 13.5. The van der Waals surface area contributed by atoms with Crippen LogP contribution in [-0.4, -0.2) is 124 Å². The van der Waals surface area contributed by atoms with Crippen molar-refractivity contribution in [3.63, 3.8) is 0 Å². The van der Waals surface area contributed by atoms with E-state index in [0.717, 1.165) is 12.0 Å². The Balaban J connectivity index is 2.36. The number of ketones is 1. The molecule has 326 valence electrons. The second-order valence-corrected chi connectivity index (χ2v) is 16.6. The Morgan fingerprint density at radius 3 is 2.21 bits per heavy atom. The molecule has 0 saturated heterocycles. The zero-order chi connectivity index (χ0) is 42.8. The number of aliphatic hydroxyl groups is 2. The average molecular weight is 806 g/mol. The Morgan fingerprint density at radius 1 is 0.965 bits per heavy atom. The second-order valence-electron chi connectivity index (χ2n) is 16.6. The smallest absolute Gasteiger partial charge is 0.331 e. The number of nitrogens with zero attached hydrogens (tertiary/aromatic N) is 1. The number of esters is 1. The van der Waals surface area contributed by atoms with Crippen molar-refractivity contribution in [2.75, 3.05) is 35.5 Å². The zero-order valence-corrected chi connectivity index (χ0v) is 36.7. The minimum atomic E-state index is -0.911. The lowest BCUT2D eigenvalue weighted by molar-refractivity contribution is -0.159. The summed E-state index contributed by atoms with van der Waals surface area (Å²) in [6.07, 6.45) is 12.8. The van der Waals surface area contributed by atoms with Gasteiger partial charge in [0.2, 0.25) is 6.41 Å². The number of hydrogen-bond acceptors (Lipinski definition) is 11. The summed E-state index contributed by atoms with van der Waals surface area (Å²) in [4.78, 5) is 39.3. The Bertz CT molecular complexity index is 1330. The third-order valence-electron chi connectivity index (χ3n) is 12.3. The van der Waals surface area contributed by atoms with Gasteiger partial charge in [-0.1, -0.05) is 77.5 Å². The molecule has 12 nitrogen and oxygen atoms in total. The van der Waals surface area contributed by atoms with Crippen LogP contribution in [0.3, 0.4) is 0 Å². The monoisotopic (exact) mass is 806 g/mol. The van der Waals surface area contributed by atoms with Crippen LogP contribution in [0.2, 0.25) is 0 Å². The van der Waals surface area contributed by atoms with Crippen molar-refractivity contribution in [2.24, 2.45) is 35.5 Å². The lowest BCUT2D eigenvalue weighted by Gasteiger charge is -2.39. The molecule has 12 heteroatoms. The van der Waals surface area contributed by atoms with Gasteiger partial charge in [-0.05, 0) is 32.1 Å². The molecule has 1 amide bonds. The molecule has 2 N–H and O–H groups in total. The lowest BCUT2D eigenvalue weighted by Crippen LogP contribution is -2.46. The summed E-state index contributed by atoms with van der Waals surface area (Å²) in [5.41, 5.74) is 0.799. The maximum absolute atomic E-state index is 13.5. The minimum Gasteiger partial charge on any atom is -0.458 e. The number of carbonyl (C=O) groups excluding carboxylic acids is 3. The Hall–Kier alpha value is -2.71. The molecule has 0 aliphatic carbocycles. The number of fused-ring (bicyclic) bond motifs is 2. The highest BCUT2D eigenvalue weighted by atomic mass is 16.5. The molecule has 0 fully saturated rings. The molecular weight excluding hydrogens is 730 g/mol. The van der Waals surface area contributed by atoms with E-state index in [1.807, 2.05) is 59.8 Å². The van der Waals surface area contributed by atoms with Crippen LogP contribution in [0.1, 0.15) is 93.4 Å². The van der Waals surface area contributed by atoms with Crippen molar-refractivity contribution in [3.8, 4) is 0 Å². The summed E-state index contributed by atoms with van der Waals surface area (Å²) in [7, 11) is 8.22.